The van der Waals surface area contributed by atoms with Crippen LogP contribution in [-0.2, 0) is 22.5 Å². The molecule has 0 aliphatic carbocycles. The minimum absolute atomic E-state index is 0.189. The number of nitrogens with zero attached hydrogens (tertiary/aromatic N) is 1. The highest BCUT2D eigenvalue weighted by molar-refractivity contribution is 6.30. The van der Waals surface area contributed by atoms with E-state index in [1.54, 1.807) is 13.8 Å². The van der Waals surface area contributed by atoms with Crippen molar-refractivity contribution in [1.29, 1.82) is 0 Å². The van der Waals surface area contributed by atoms with E-state index in [-0.39, 0.29) is 12.4 Å². The van der Waals surface area contributed by atoms with E-state index in [0.29, 0.717) is 5.56 Å². The number of aryl methyl sites for hydroxylation is 2. The lowest BCUT2D eigenvalue weighted by atomic mass is 10.1. The molecule has 0 N–H and O–H groups in total. The van der Waals surface area contributed by atoms with Gasteiger partial charge in [-0.25, -0.2) is 4.79 Å². The van der Waals surface area contributed by atoms with E-state index < -0.39 is 5.97 Å². The lowest BCUT2D eigenvalue weighted by Gasteiger charge is -2.10. The second-order valence-corrected chi connectivity index (χ2v) is 7.00. The summed E-state index contributed by atoms with van der Waals surface area (Å²) in [5.74, 6) is -0.679. The zero-order valence-corrected chi connectivity index (χ0v) is 16.4. The number of carbonyl (C=O) groups excluding carboxylic acids is 2. The van der Waals surface area contributed by atoms with Gasteiger partial charge in [0.1, 0.15) is 0 Å². The van der Waals surface area contributed by atoms with E-state index in [1.807, 2.05) is 44.2 Å². The number of esters is 1. The molecule has 0 aliphatic rings. The standard InChI is InChI=1S/C21H24ClNO3/c1-14(2)11-21(25)26-13-20(24)19-12-15(3)23(16(19)4)10-9-17-5-7-18(22)8-6-17/h5-8,11-12H,9-10,13H2,1-4H3. The van der Waals surface area contributed by atoms with Gasteiger partial charge in [0.05, 0.1) is 0 Å². The van der Waals surface area contributed by atoms with Crippen LogP contribution in [0.5, 0.6) is 0 Å². The SMILES string of the molecule is CC(C)=CC(=O)OCC(=O)c1cc(C)n(CCc2ccc(Cl)cc2)c1C. The highest BCUT2D eigenvalue weighted by Gasteiger charge is 2.17. The molecule has 1 aromatic carbocycles. The average molecular weight is 374 g/mol. The third kappa shape index (κ3) is 5.33. The maximum Gasteiger partial charge on any atom is 0.331 e. The second-order valence-electron chi connectivity index (χ2n) is 6.57. The molecule has 1 heterocycles. The minimum Gasteiger partial charge on any atom is -0.454 e. The van der Waals surface area contributed by atoms with E-state index in [2.05, 4.69) is 4.57 Å². The summed E-state index contributed by atoms with van der Waals surface area (Å²) >= 11 is 5.92. The van der Waals surface area contributed by atoms with Crippen LogP contribution < -0.4 is 0 Å². The number of hydrogen-bond donors (Lipinski definition) is 0. The molecule has 5 heteroatoms. The highest BCUT2D eigenvalue weighted by atomic mass is 35.5. The number of aromatic nitrogens is 1. The van der Waals surface area contributed by atoms with Gasteiger partial charge in [0.25, 0.3) is 0 Å². The van der Waals surface area contributed by atoms with Gasteiger partial charge in [-0.05, 0) is 57.9 Å². The topological polar surface area (TPSA) is 48.3 Å². The van der Waals surface area contributed by atoms with Crippen molar-refractivity contribution in [3.8, 4) is 0 Å². The molecule has 0 atom stereocenters. The van der Waals surface area contributed by atoms with Crippen LogP contribution in [0.25, 0.3) is 0 Å². The molecule has 0 amide bonds. The molecule has 0 unspecified atom stereocenters. The Kier molecular flexibility index (Phi) is 6.81. The Labute approximate surface area is 159 Å². The first-order valence-electron chi connectivity index (χ1n) is 8.54. The molecule has 2 aromatic rings. The molecular formula is C21H24ClNO3. The maximum absolute atomic E-state index is 12.4. The minimum atomic E-state index is -0.491. The summed E-state index contributed by atoms with van der Waals surface area (Å²) in [5.41, 5.74) is 4.52. The highest BCUT2D eigenvalue weighted by Crippen LogP contribution is 2.18. The molecule has 2 rings (SSSR count). The summed E-state index contributed by atoms with van der Waals surface area (Å²) in [5, 5.41) is 0.720. The molecular weight excluding hydrogens is 350 g/mol. The molecule has 0 fully saturated rings. The zero-order valence-electron chi connectivity index (χ0n) is 15.6. The first-order chi connectivity index (χ1) is 12.3. The van der Waals surface area contributed by atoms with Gasteiger partial charge in [-0.1, -0.05) is 29.3 Å². The molecule has 4 nitrogen and oxygen atoms in total. The molecule has 0 saturated heterocycles. The van der Waals surface area contributed by atoms with Gasteiger partial charge < -0.3 is 9.30 Å². The van der Waals surface area contributed by atoms with E-state index in [1.165, 1.54) is 11.6 Å². The fraction of sp³-hybridized carbons (Fsp3) is 0.333. The van der Waals surface area contributed by atoms with Crippen molar-refractivity contribution in [3.63, 3.8) is 0 Å². The molecule has 138 valence electrons. The quantitative estimate of drug-likeness (QED) is 0.401. The summed E-state index contributed by atoms with van der Waals surface area (Å²) in [6, 6.07) is 9.62. The van der Waals surface area contributed by atoms with E-state index in [9.17, 15) is 9.59 Å². The number of ketones is 1. The Morgan fingerprint density at radius 2 is 1.81 bits per heavy atom. The predicted molar refractivity (Wildman–Crippen MR) is 104 cm³/mol. The second kappa shape index (κ2) is 8.86. The summed E-state index contributed by atoms with van der Waals surface area (Å²) in [7, 11) is 0. The van der Waals surface area contributed by atoms with Crippen molar-refractivity contribution in [3.05, 3.63) is 69.5 Å². The van der Waals surface area contributed by atoms with E-state index in [4.69, 9.17) is 16.3 Å². The van der Waals surface area contributed by atoms with Crippen molar-refractivity contribution >= 4 is 23.4 Å². The van der Waals surface area contributed by atoms with E-state index >= 15 is 0 Å². The van der Waals surface area contributed by atoms with Crippen LogP contribution in [0.1, 0.15) is 41.2 Å². The number of rotatable bonds is 7. The van der Waals surface area contributed by atoms with Crippen LogP contribution in [0.2, 0.25) is 5.02 Å². The van der Waals surface area contributed by atoms with Crippen LogP contribution in [-0.4, -0.2) is 22.9 Å². The van der Waals surface area contributed by atoms with Crippen molar-refractivity contribution in [2.24, 2.45) is 0 Å². The van der Waals surface area contributed by atoms with Gasteiger partial charge in [-0.15, -0.1) is 0 Å². The number of ether oxygens (including phenoxy) is 1. The molecule has 0 spiro atoms. The van der Waals surface area contributed by atoms with Gasteiger partial charge >= 0.3 is 5.97 Å². The third-order valence-electron chi connectivity index (χ3n) is 4.16. The van der Waals surface area contributed by atoms with Gasteiger partial charge in [-0.2, -0.15) is 0 Å². The zero-order chi connectivity index (χ0) is 19.3. The number of benzene rings is 1. The summed E-state index contributed by atoms with van der Waals surface area (Å²) < 4.78 is 7.14. The van der Waals surface area contributed by atoms with Crippen LogP contribution in [0, 0.1) is 13.8 Å². The monoisotopic (exact) mass is 373 g/mol. The average Bonchev–Trinajstić information content (AvgIpc) is 2.86. The Morgan fingerprint density at radius 3 is 2.42 bits per heavy atom. The fourth-order valence-electron chi connectivity index (χ4n) is 2.81. The number of allylic oxidation sites excluding steroid dienone is 1. The smallest absolute Gasteiger partial charge is 0.331 e. The fourth-order valence-corrected chi connectivity index (χ4v) is 2.94. The lowest BCUT2D eigenvalue weighted by molar-refractivity contribution is -0.136. The first-order valence-corrected chi connectivity index (χ1v) is 8.91. The lowest BCUT2D eigenvalue weighted by Crippen LogP contribution is -2.14. The van der Waals surface area contributed by atoms with Crippen LogP contribution in [0.15, 0.2) is 42.0 Å². The first kappa shape index (κ1) is 20.0. The van der Waals surface area contributed by atoms with Crippen molar-refractivity contribution < 1.29 is 14.3 Å². The number of hydrogen-bond acceptors (Lipinski definition) is 3. The number of halogens is 1. The summed E-state index contributed by atoms with van der Waals surface area (Å²) in [6.07, 6.45) is 2.22. The van der Waals surface area contributed by atoms with E-state index in [0.717, 1.165) is 34.9 Å². The Balaban J connectivity index is 2.04. The van der Waals surface area contributed by atoms with Gasteiger partial charge in [0, 0.05) is 34.6 Å². The largest absolute Gasteiger partial charge is 0.454 e. The molecule has 0 bridgehead atoms. The van der Waals surface area contributed by atoms with Crippen LogP contribution >= 0.6 is 11.6 Å². The maximum atomic E-state index is 12.4. The Morgan fingerprint density at radius 1 is 1.15 bits per heavy atom. The molecule has 0 saturated carbocycles. The molecule has 1 aromatic heterocycles. The molecule has 0 aliphatic heterocycles. The molecule has 26 heavy (non-hydrogen) atoms. The van der Waals surface area contributed by atoms with Crippen LogP contribution in [0.3, 0.4) is 0 Å². The van der Waals surface area contributed by atoms with Gasteiger partial charge in [0.15, 0.2) is 6.61 Å². The summed E-state index contributed by atoms with van der Waals surface area (Å²) in [6.45, 7) is 8.02. The molecule has 0 radical (unpaired) electrons. The number of Topliss-reactive ketones (excluding diaryl/α,β-unsaturated/α-hetero) is 1. The normalized spacial score (nSPS) is 10.5. The number of carbonyl (C=O) groups is 2. The summed E-state index contributed by atoms with van der Waals surface area (Å²) in [4.78, 5) is 24.0. The van der Waals surface area contributed by atoms with Crippen molar-refractivity contribution in [2.75, 3.05) is 6.61 Å². The van der Waals surface area contributed by atoms with Crippen molar-refractivity contribution in [1.82, 2.24) is 4.57 Å². The Hall–Kier alpha value is -2.33. The van der Waals surface area contributed by atoms with Crippen molar-refractivity contribution in [2.45, 2.75) is 40.7 Å². The third-order valence-corrected chi connectivity index (χ3v) is 4.42. The van der Waals surface area contributed by atoms with Gasteiger partial charge in [0.2, 0.25) is 5.78 Å². The predicted octanol–water partition coefficient (Wildman–Crippen LogP) is 4.69. The van der Waals surface area contributed by atoms with Crippen LogP contribution in [0.4, 0.5) is 0 Å². The van der Waals surface area contributed by atoms with Gasteiger partial charge in [-0.3, -0.25) is 4.79 Å². The Bertz CT molecular complexity index is 828.